The van der Waals surface area contributed by atoms with E-state index in [2.05, 4.69) is 5.32 Å². The lowest BCUT2D eigenvalue weighted by Crippen LogP contribution is -2.49. The van der Waals surface area contributed by atoms with Crippen LogP contribution >= 0.6 is 11.8 Å². The maximum Gasteiger partial charge on any atom is 0.327 e. The zero-order valence-electron chi connectivity index (χ0n) is 9.59. The van der Waals surface area contributed by atoms with Gasteiger partial charge in [0.15, 0.2) is 0 Å². The summed E-state index contributed by atoms with van der Waals surface area (Å²) < 4.78 is 5.17. The molecular formula is C10H16N2O4S. The number of carboxylic acids is 1. The molecule has 2 saturated heterocycles. The Labute approximate surface area is 104 Å². The quantitative estimate of drug-likeness (QED) is 0.702. The Hall–Kier alpha value is -0.790. The largest absolute Gasteiger partial charge is 0.480 e. The van der Waals surface area contributed by atoms with Crippen LogP contribution in [-0.4, -0.2) is 65.4 Å². The lowest BCUT2D eigenvalue weighted by atomic mass is 10.1. The van der Waals surface area contributed by atoms with Crippen molar-refractivity contribution in [3.8, 4) is 0 Å². The molecule has 2 fully saturated rings. The molecule has 0 spiro atoms. The molecule has 6 nitrogen and oxygen atoms in total. The molecule has 17 heavy (non-hydrogen) atoms. The van der Waals surface area contributed by atoms with Gasteiger partial charge in [-0.15, -0.1) is 11.8 Å². The van der Waals surface area contributed by atoms with Crippen LogP contribution in [0.15, 0.2) is 0 Å². The van der Waals surface area contributed by atoms with Crippen LogP contribution in [0.4, 0.5) is 0 Å². The summed E-state index contributed by atoms with van der Waals surface area (Å²) in [5, 5.41) is 12.1. The Kier molecular flexibility index (Phi) is 3.90. The van der Waals surface area contributed by atoms with E-state index in [-0.39, 0.29) is 18.1 Å². The van der Waals surface area contributed by atoms with Crippen molar-refractivity contribution in [2.24, 2.45) is 0 Å². The monoisotopic (exact) mass is 260 g/mol. The number of carboxylic acid groups (broad SMARTS) is 1. The fourth-order valence-electron chi connectivity index (χ4n) is 2.14. The molecule has 0 aromatic rings. The zero-order chi connectivity index (χ0) is 12.4. The molecule has 3 atom stereocenters. The predicted octanol–water partition coefficient (Wildman–Crippen LogP) is -0.651. The molecule has 0 bridgehead atoms. The van der Waals surface area contributed by atoms with E-state index < -0.39 is 12.0 Å². The Morgan fingerprint density at radius 2 is 2.29 bits per heavy atom. The van der Waals surface area contributed by atoms with Crippen molar-refractivity contribution < 1.29 is 19.4 Å². The number of hydrogen-bond acceptors (Lipinski definition) is 5. The molecule has 0 aromatic carbocycles. The van der Waals surface area contributed by atoms with Gasteiger partial charge in [0.2, 0.25) is 5.91 Å². The Balaban J connectivity index is 1.98. The van der Waals surface area contributed by atoms with Gasteiger partial charge in [-0.25, -0.2) is 4.79 Å². The van der Waals surface area contributed by atoms with E-state index in [4.69, 9.17) is 9.84 Å². The van der Waals surface area contributed by atoms with E-state index in [0.717, 1.165) is 0 Å². The molecule has 2 aliphatic rings. The minimum absolute atomic E-state index is 0.0440. The molecule has 2 rings (SSSR count). The molecule has 1 amide bonds. The molecule has 0 aliphatic carbocycles. The molecule has 3 unspecified atom stereocenters. The van der Waals surface area contributed by atoms with Gasteiger partial charge in [-0.3, -0.25) is 4.79 Å². The molecule has 96 valence electrons. The van der Waals surface area contributed by atoms with Gasteiger partial charge in [0.1, 0.15) is 6.04 Å². The third kappa shape index (κ3) is 2.56. The van der Waals surface area contributed by atoms with E-state index in [1.54, 1.807) is 7.11 Å². The summed E-state index contributed by atoms with van der Waals surface area (Å²) in [5.74, 6) is -0.112. The minimum atomic E-state index is -0.926. The van der Waals surface area contributed by atoms with Crippen LogP contribution in [0.3, 0.4) is 0 Å². The average Bonchev–Trinajstić information content (AvgIpc) is 2.97. The van der Waals surface area contributed by atoms with Crippen LogP contribution in [0.2, 0.25) is 0 Å². The number of aliphatic carboxylic acids is 1. The second kappa shape index (κ2) is 5.24. The van der Waals surface area contributed by atoms with Crippen molar-refractivity contribution in [3.63, 3.8) is 0 Å². The van der Waals surface area contributed by atoms with Crippen molar-refractivity contribution in [1.29, 1.82) is 0 Å². The summed E-state index contributed by atoms with van der Waals surface area (Å²) >= 11 is 1.48. The third-order valence-corrected chi connectivity index (χ3v) is 4.18. The Morgan fingerprint density at radius 1 is 1.53 bits per heavy atom. The fourth-order valence-corrected chi connectivity index (χ4v) is 3.29. The van der Waals surface area contributed by atoms with Crippen LogP contribution in [0.5, 0.6) is 0 Å². The first-order valence-electron chi connectivity index (χ1n) is 5.50. The van der Waals surface area contributed by atoms with Gasteiger partial charge in [0.25, 0.3) is 0 Å². The maximum absolute atomic E-state index is 12.2. The molecule has 2 heterocycles. The molecule has 2 aliphatic heterocycles. The maximum atomic E-state index is 12.2. The second-order valence-corrected chi connectivity index (χ2v) is 5.22. The first kappa shape index (κ1) is 12.7. The van der Waals surface area contributed by atoms with E-state index >= 15 is 0 Å². The Bertz CT molecular complexity index is 325. The summed E-state index contributed by atoms with van der Waals surface area (Å²) in [6, 6.07) is -0.989. The molecule has 7 heteroatoms. The highest BCUT2D eigenvalue weighted by atomic mass is 32.2. The number of nitrogens with one attached hydrogen (secondary N) is 1. The summed E-state index contributed by atoms with van der Waals surface area (Å²) in [6.45, 7) is 0.644. The van der Waals surface area contributed by atoms with E-state index in [0.29, 0.717) is 24.6 Å². The van der Waals surface area contributed by atoms with Gasteiger partial charge in [0, 0.05) is 19.4 Å². The number of ether oxygens (including phenoxy) is 1. The van der Waals surface area contributed by atoms with E-state index in [1.165, 1.54) is 16.7 Å². The topological polar surface area (TPSA) is 78.9 Å². The number of nitrogens with zero attached hydrogens (tertiary/aromatic N) is 1. The fraction of sp³-hybridized carbons (Fsp3) is 0.800. The molecular weight excluding hydrogens is 244 g/mol. The smallest absolute Gasteiger partial charge is 0.327 e. The number of thioether (sulfide) groups is 1. The number of carbonyl (C=O) groups excluding carboxylic acids is 1. The lowest BCUT2D eigenvalue weighted by molar-refractivity contribution is -0.148. The molecule has 2 N–H and O–H groups in total. The molecule has 0 aromatic heterocycles. The van der Waals surface area contributed by atoms with Crippen molar-refractivity contribution in [3.05, 3.63) is 0 Å². The van der Waals surface area contributed by atoms with Crippen molar-refractivity contribution >= 4 is 23.6 Å². The summed E-state index contributed by atoms with van der Waals surface area (Å²) in [6.07, 6.45) is 0.658. The number of hydrogen-bond donors (Lipinski definition) is 2. The first-order valence-corrected chi connectivity index (χ1v) is 6.66. The number of amides is 1. The second-order valence-electron chi connectivity index (χ2n) is 4.22. The van der Waals surface area contributed by atoms with E-state index in [9.17, 15) is 9.59 Å². The average molecular weight is 260 g/mol. The minimum Gasteiger partial charge on any atom is -0.480 e. The van der Waals surface area contributed by atoms with Crippen LogP contribution < -0.4 is 5.32 Å². The van der Waals surface area contributed by atoms with Crippen molar-refractivity contribution in [1.82, 2.24) is 10.2 Å². The van der Waals surface area contributed by atoms with Crippen LogP contribution in [0.25, 0.3) is 0 Å². The van der Waals surface area contributed by atoms with Crippen molar-refractivity contribution in [2.75, 3.05) is 25.3 Å². The first-order chi connectivity index (χ1) is 8.13. The van der Waals surface area contributed by atoms with Crippen LogP contribution in [0, 0.1) is 0 Å². The van der Waals surface area contributed by atoms with Crippen molar-refractivity contribution in [2.45, 2.75) is 24.6 Å². The van der Waals surface area contributed by atoms with E-state index in [1.807, 2.05) is 0 Å². The third-order valence-electron chi connectivity index (χ3n) is 3.17. The highest BCUT2D eigenvalue weighted by Crippen LogP contribution is 2.23. The van der Waals surface area contributed by atoms with Gasteiger partial charge in [-0.1, -0.05) is 0 Å². The SMILES string of the molecule is COC1CNC(C(=O)N2CSCC2C(=O)O)C1. The van der Waals surface area contributed by atoms with Gasteiger partial charge in [-0.2, -0.15) is 0 Å². The highest BCUT2D eigenvalue weighted by Gasteiger charge is 2.40. The summed E-state index contributed by atoms with van der Waals surface area (Å²) in [5.41, 5.74) is 0. The highest BCUT2D eigenvalue weighted by molar-refractivity contribution is 7.99. The van der Waals surface area contributed by atoms with Crippen LogP contribution in [0.1, 0.15) is 6.42 Å². The van der Waals surface area contributed by atoms with Gasteiger partial charge >= 0.3 is 5.97 Å². The van der Waals surface area contributed by atoms with Gasteiger partial charge < -0.3 is 20.1 Å². The summed E-state index contributed by atoms with van der Waals surface area (Å²) in [4.78, 5) is 24.6. The number of methoxy groups -OCH3 is 1. The zero-order valence-corrected chi connectivity index (χ0v) is 10.4. The molecule has 0 radical (unpaired) electrons. The Morgan fingerprint density at radius 3 is 2.88 bits per heavy atom. The van der Waals surface area contributed by atoms with Gasteiger partial charge in [-0.05, 0) is 6.42 Å². The lowest BCUT2D eigenvalue weighted by Gasteiger charge is -2.23. The van der Waals surface area contributed by atoms with Gasteiger partial charge in [0.05, 0.1) is 18.0 Å². The summed E-state index contributed by atoms with van der Waals surface area (Å²) in [7, 11) is 1.62. The standard InChI is InChI=1S/C10H16N2O4S/c1-16-6-2-7(11-3-6)9(13)12-5-17-4-8(12)10(14)15/h6-8,11H,2-5H2,1H3,(H,14,15). The van der Waals surface area contributed by atoms with Crippen LogP contribution in [-0.2, 0) is 14.3 Å². The predicted molar refractivity (Wildman–Crippen MR) is 62.8 cm³/mol. The number of rotatable bonds is 3. The molecule has 0 saturated carbocycles. The number of carbonyl (C=O) groups is 2. The normalized spacial score (nSPS) is 33.0.